The third-order valence-corrected chi connectivity index (χ3v) is 4.34. The molecule has 4 rings (SSSR count). The summed E-state index contributed by atoms with van der Waals surface area (Å²) in [4.78, 5) is 12.7. The molecule has 0 bridgehead atoms. The normalized spacial score (nSPS) is 15.5. The predicted molar refractivity (Wildman–Crippen MR) is 99.7 cm³/mol. The monoisotopic (exact) mass is 345 g/mol. The number of fused-ring (bicyclic) bond motifs is 1. The first kappa shape index (κ1) is 16.2. The van der Waals surface area contributed by atoms with Gasteiger partial charge in [0.15, 0.2) is 0 Å². The zero-order chi connectivity index (χ0) is 17.8. The van der Waals surface area contributed by atoms with Crippen LogP contribution in [0.3, 0.4) is 0 Å². The van der Waals surface area contributed by atoms with Gasteiger partial charge in [0.25, 0.3) is 5.91 Å². The zero-order valence-electron chi connectivity index (χ0n) is 14.2. The van der Waals surface area contributed by atoms with Crippen LogP contribution in [0.15, 0.2) is 78.9 Å². The minimum absolute atomic E-state index is 0.0499. The van der Waals surface area contributed by atoms with Gasteiger partial charge >= 0.3 is 0 Å². The molecule has 3 aromatic carbocycles. The Morgan fingerprint density at radius 3 is 2.58 bits per heavy atom. The second kappa shape index (κ2) is 7.31. The van der Waals surface area contributed by atoms with E-state index in [0.29, 0.717) is 17.9 Å². The number of carbonyl (C=O) groups excluding carboxylic acids is 1. The molecule has 0 aliphatic carbocycles. The molecule has 1 atom stereocenters. The Balaban J connectivity index is 1.50. The van der Waals surface area contributed by atoms with Gasteiger partial charge < -0.3 is 14.8 Å². The molecule has 0 fully saturated rings. The summed E-state index contributed by atoms with van der Waals surface area (Å²) >= 11 is 0. The average Bonchev–Trinajstić information content (AvgIpc) is 2.69. The molecule has 1 aliphatic rings. The quantitative estimate of drug-likeness (QED) is 0.743. The van der Waals surface area contributed by atoms with E-state index in [4.69, 9.17) is 9.47 Å². The van der Waals surface area contributed by atoms with Gasteiger partial charge in [-0.05, 0) is 36.4 Å². The highest BCUT2D eigenvalue weighted by Gasteiger charge is 2.23. The number of hydrogen-bond acceptors (Lipinski definition) is 3. The fourth-order valence-electron chi connectivity index (χ4n) is 3.06. The predicted octanol–water partition coefficient (Wildman–Crippen LogP) is 4.73. The van der Waals surface area contributed by atoms with Crippen LogP contribution in [-0.2, 0) is 0 Å². The molecule has 0 saturated heterocycles. The van der Waals surface area contributed by atoms with E-state index in [1.165, 1.54) is 0 Å². The molecule has 0 radical (unpaired) electrons. The van der Waals surface area contributed by atoms with E-state index in [1.54, 1.807) is 12.1 Å². The van der Waals surface area contributed by atoms with E-state index < -0.39 is 0 Å². The summed E-state index contributed by atoms with van der Waals surface area (Å²) in [6, 6.07) is 24.5. The molecule has 26 heavy (non-hydrogen) atoms. The van der Waals surface area contributed by atoms with Crippen LogP contribution in [0.1, 0.15) is 28.4 Å². The van der Waals surface area contributed by atoms with Gasteiger partial charge in [-0.1, -0.05) is 42.5 Å². The molecule has 4 heteroatoms. The second-order valence-electron chi connectivity index (χ2n) is 6.14. The van der Waals surface area contributed by atoms with Crippen molar-refractivity contribution in [3.8, 4) is 17.2 Å². The summed E-state index contributed by atoms with van der Waals surface area (Å²) in [5.41, 5.74) is 1.59. The molecule has 3 aromatic rings. The van der Waals surface area contributed by atoms with Crippen molar-refractivity contribution in [1.82, 2.24) is 5.32 Å². The second-order valence-corrected chi connectivity index (χ2v) is 6.14. The number of nitrogens with one attached hydrogen (secondary N) is 1. The third-order valence-electron chi connectivity index (χ3n) is 4.34. The molecule has 4 nitrogen and oxygen atoms in total. The van der Waals surface area contributed by atoms with Crippen molar-refractivity contribution in [2.45, 2.75) is 12.5 Å². The molecule has 1 N–H and O–H groups in total. The topological polar surface area (TPSA) is 47.6 Å². The summed E-state index contributed by atoms with van der Waals surface area (Å²) in [5.74, 6) is 2.09. The van der Waals surface area contributed by atoms with Crippen LogP contribution in [0.25, 0.3) is 0 Å². The summed E-state index contributed by atoms with van der Waals surface area (Å²) in [7, 11) is 0. The Kier molecular flexibility index (Phi) is 4.56. The van der Waals surface area contributed by atoms with E-state index in [2.05, 4.69) is 5.32 Å². The first-order valence-corrected chi connectivity index (χ1v) is 8.65. The molecule has 1 unspecified atom stereocenters. The van der Waals surface area contributed by atoms with Crippen molar-refractivity contribution in [2.75, 3.05) is 6.61 Å². The molecule has 1 heterocycles. The molecule has 0 saturated carbocycles. The van der Waals surface area contributed by atoms with Gasteiger partial charge in [-0.2, -0.15) is 0 Å². The first-order valence-electron chi connectivity index (χ1n) is 8.65. The first-order chi connectivity index (χ1) is 12.8. The van der Waals surface area contributed by atoms with Crippen LogP contribution in [0.4, 0.5) is 0 Å². The Bertz CT molecular complexity index is 908. The molecule has 0 aromatic heterocycles. The number of amides is 1. The fourth-order valence-corrected chi connectivity index (χ4v) is 3.06. The van der Waals surface area contributed by atoms with Crippen LogP contribution in [0, 0.1) is 0 Å². The number of rotatable bonds is 4. The van der Waals surface area contributed by atoms with Crippen LogP contribution < -0.4 is 14.8 Å². The molecular weight excluding hydrogens is 326 g/mol. The van der Waals surface area contributed by atoms with Crippen LogP contribution in [0.2, 0.25) is 0 Å². The molecule has 1 amide bonds. The summed E-state index contributed by atoms with van der Waals surface area (Å²) in [6.07, 6.45) is 0.753. The maximum atomic E-state index is 12.7. The van der Waals surface area contributed by atoms with Gasteiger partial charge in [-0.15, -0.1) is 0 Å². The van der Waals surface area contributed by atoms with Crippen molar-refractivity contribution in [1.29, 1.82) is 0 Å². The van der Waals surface area contributed by atoms with Gasteiger partial charge in [0, 0.05) is 17.5 Å². The SMILES string of the molecule is O=C(NC1CCOc2ccccc21)c1cccc(Oc2ccccc2)c1. The number of benzene rings is 3. The maximum absolute atomic E-state index is 12.7. The molecule has 0 spiro atoms. The summed E-state index contributed by atoms with van der Waals surface area (Å²) in [6.45, 7) is 0.596. The van der Waals surface area contributed by atoms with E-state index in [9.17, 15) is 4.79 Å². The average molecular weight is 345 g/mol. The molecule has 1 aliphatic heterocycles. The summed E-state index contributed by atoms with van der Waals surface area (Å²) < 4.78 is 11.5. The van der Waals surface area contributed by atoms with Crippen molar-refractivity contribution in [2.24, 2.45) is 0 Å². The standard InChI is InChI=1S/C22H19NO3/c24-22(23-20-13-14-25-21-12-5-4-11-19(20)21)16-7-6-10-18(15-16)26-17-8-2-1-3-9-17/h1-12,15,20H,13-14H2,(H,23,24). The minimum atomic E-state index is -0.120. The zero-order valence-corrected chi connectivity index (χ0v) is 14.2. The van der Waals surface area contributed by atoms with Crippen LogP contribution in [-0.4, -0.2) is 12.5 Å². The highest BCUT2D eigenvalue weighted by atomic mass is 16.5. The smallest absolute Gasteiger partial charge is 0.251 e. The van der Waals surface area contributed by atoms with E-state index in [0.717, 1.165) is 23.5 Å². The molecule has 130 valence electrons. The lowest BCUT2D eigenvalue weighted by molar-refractivity contribution is 0.0924. The Hall–Kier alpha value is -3.27. The number of para-hydroxylation sites is 2. The van der Waals surface area contributed by atoms with Crippen molar-refractivity contribution in [3.05, 3.63) is 90.0 Å². The van der Waals surface area contributed by atoms with Gasteiger partial charge in [-0.3, -0.25) is 4.79 Å². The fraction of sp³-hybridized carbons (Fsp3) is 0.136. The largest absolute Gasteiger partial charge is 0.493 e. The van der Waals surface area contributed by atoms with Gasteiger partial charge in [0.2, 0.25) is 0 Å². The maximum Gasteiger partial charge on any atom is 0.251 e. The van der Waals surface area contributed by atoms with Gasteiger partial charge in [0.1, 0.15) is 17.2 Å². The number of ether oxygens (including phenoxy) is 2. The lowest BCUT2D eigenvalue weighted by Gasteiger charge is -2.26. The van der Waals surface area contributed by atoms with Crippen molar-refractivity contribution in [3.63, 3.8) is 0 Å². The highest BCUT2D eigenvalue weighted by molar-refractivity contribution is 5.94. The number of carbonyl (C=O) groups is 1. The van der Waals surface area contributed by atoms with Crippen molar-refractivity contribution >= 4 is 5.91 Å². The third kappa shape index (κ3) is 3.54. The van der Waals surface area contributed by atoms with Crippen LogP contribution in [0.5, 0.6) is 17.2 Å². The lowest BCUT2D eigenvalue weighted by atomic mass is 10.00. The van der Waals surface area contributed by atoms with Gasteiger partial charge in [-0.25, -0.2) is 0 Å². The van der Waals surface area contributed by atoms with E-state index >= 15 is 0 Å². The van der Waals surface area contributed by atoms with Gasteiger partial charge in [0.05, 0.1) is 12.6 Å². The van der Waals surface area contributed by atoms with Crippen LogP contribution >= 0.6 is 0 Å². The highest BCUT2D eigenvalue weighted by Crippen LogP contribution is 2.32. The van der Waals surface area contributed by atoms with Crippen molar-refractivity contribution < 1.29 is 14.3 Å². The Morgan fingerprint density at radius 1 is 0.923 bits per heavy atom. The molecular formula is C22H19NO3. The van der Waals surface area contributed by atoms with E-state index in [-0.39, 0.29) is 11.9 Å². The minimum Gasteiger partial charge on any atom is -0.493 e. The van der Waals surface area contributed by atoms with E-state index in [1.807, 2.05) is 66.7 Å². The Morgan fingerprint density at radius 2 is 1.69 bits per heavy atom. The number of hydrogen-bond donors (Lipinski definition) is 1. The lowest BCUT2D eigenvalue weighted by Crippen LogP contribution is -2.32. The summed E-state index contributed by atoms with van der Waals surface area (Å²) in [5, 5.41) is 3.11. The Labute approximate surface area is 152 Å².